The van der Waals surface area contributed by atoms with E-state index in [2.05, 4.69) is 83.3 Å². The van der Waals surface area contributed by atoms with Gasteiger partial charge < -0.3 is 33.6 Å². The number of benzene rings is 4. The van der Waals surface area contributed by atoms with E-state index in [1.807, 2.05) is 55.5 Å². The molecule has 0 unspecified atom stereocenters. The molecule has 9 nitrogen and oxygen atoms in total. The van der Waals surface area contributed by atoms with Crippen LogP contribution in [0.1, 0.15) is 27.0 Å². The van der Waals surface area contributed by atoms with Crippen molar-refractivity contribution in [2.45, 2.75) is 20.5 Å². The number of aromatic hydroxyl groups is 1. The van der Waals surface area contributed by atoms with E-state index in [9.17, 15) is 4.79 Å². The number of aldehydes is 1. The maximum atomic E-state index is 10.2. The van der Waals surface area contributed by atoms with Crippen molar-refractivity contribution in [1.82, 2.24) is 0 Å². The molecule has 4 aromatic carbocycles. The molecular weight excluding hydrogens is 881 g/mol. The zero-order chi connectivity index (χ0) is 34.6. The van der Waals surface area contributed by atoms with Crippen molar-refractivity contribution >= 4 is 137 Å². The second-order valence-electron chi connectivity index (χ2n) is 9.34. The predicted molar refractivity (Wildman–Crippen MR) is 198 cm³/mol. The van der Waals surface area contributed by atoms with E-state index in [1.54, 1.807) is 31.8 Å². The van der Waals surface area contributed by atoms with E-state index in [0.717, 1.165) is 39.0 Å². The van der Waals surface area contributed by atoms with Crippen molar-refractivity contribution in [1.29, 1.82) is 0 Å². The summed E-state index contributed by atoms with van der Waals surface area (Å²) in [5, 5.41) is 19.6. The van der Waals surface area contributed by atoms with Crippen LogP contribution < -0.4 is 66.1 Å². The average Bonchev–Trinajstić information content (AvgIpc) is 3.75. The van der Waals surface area contributed by atoms with Gasteiger partial charge in [-0.05, 0) is 80.1 Å². The minimum atomic E-state index is -0.181. The largest absolute Gasteiger partial charge is 1.00 e. The number of rotatable bonds is 6. The first kappa shape index (κ1) is 48.2. The number of fused-ring (bicyclic) bond motifs is 2. The van der Waals surface area contributed by atoms with Gasteiger partial charge in [-0.25, -0.2) is 0 Å². The quantitative estimate of drug-likeness (QED) is 0.0999. The summed E-state index contributed by atoms with van der Waals surface area (Å²) in [5.74, 6) is 1.77. The van der Waals surface area contributed by atoms with Crippen molar-refractivity contribution in [2.75, 3.05) is 7.11 Å². The van der Waals surface area contributed by atoms with E-state index >= 15 is 0 Å². The van der Waals surface area contributed by atoms with Crippen LogP contribution in [0.2, 0.25) is 0 Å². The molecule has 6 rings (SSSR count). The van der Waals surface area contributed by atoms with Gasteiger partial charge in [-0.2, -0.15) is 0 Å². The van der Waals surface area contributed by atoms with Crippen LogP contribution >= 0.6 is 47.3 Å². The number of hydrogen-bond donors (Lipinski definition) is 1. The Morgan fingerprint density at radius 1 is 0.776 bits per heavy atom. The molecule has 2 aromatic heterocycles. The van der Waals surface area contributed by atoms with E-state index < -0.39 is 0 Å². The summed E-state index contributed by atoms with van der Waals surface area (Å²) >= 11 is 9.31. The average molecular weight is 912 g/mol. The number of halogens is 3. The van der Waals surface area contributed by atoms with Crippen molar-refractivity contribution in [2.24, 2.45) is 0 Å². The number of aryl methyl sites for hydroxylation is 2. The van der Waals surface area contributed by atoms with Crippen molar-refractivity contribution in [3.63, 3.8) is 0 Å². The number of furan rings is 2. The molecule has 2 heterocycles. The molecule has 6 aromatic rings. The molecule has 15 heteroatoms. The second kappa shape index (κ2) is 27.8. The third-order valence-electron chi connectivity index (χ3n) is 5.96. The van der Waals surface area contributed by atoms with Crippen LogP contribution in [0.15, 0.2) is 112 Å². The van der Waals surface area contributed by atoms with Crippen molar-refractivity contribution in [3.05, 3.63) is 126 Å². The third-order valence-corrected chi connectivity index (χ3v) is 5.96. The Morgan fingerprint density at radius 2 is 1.27 bits per heavy atom. The van der Waals surface area contributed by atoms with E-state index in [1.165, 1.54) is 17.2 Å². The standard InChI is InChI=1S/C16H14O2.C9H8O2.C8H8O2.CH2O3.BBr3.2K/c1-12-2-4-13(5-3-12)11-18-15-6-7-16-14(10-15)8-9-17-16;1-10-8-2-3-9-7(6-8)4-5-11-9;1-6-2-3-8(10)7(4-6)5-9;2-1-4-3;2-1(3)4;;/h2-10H,11H2,1H3;2-6H,1H3;2-5,10H,1H3;1,3H;;;/q;;;;;;+1/p-1. The third kappa shape index (κ3) is 19.6. The Bertz CT molecular complexity index is 1800. The van der Waals surface area contributed by atoms with Crippen LogP contribution in [0.3, 0.4) is 0 Å². The molecule has 1 radical (unpaired) electrons. The maximum Gasteiger partial charge on any atom is 1.00 e. The number of carbonyl (C=O) groups excluding carboxylic acids is 2. The molecule has 0 atom stereocenters. The molecular formula is C34H31BBr3K2O9. The molecule has 247 valence electrons. The maximum absolute atomic E-state index is 10.2. The molecule has 0 bridgehead atoms. The molecule has 1 N–H and O–H groups in total. The monoisotopic (exact) mass is 909 g/mol. The van der Waals surface area contributed by atoms with Crippen molar-refractivity contribution < 1.29 is 94.5 Å². The number of hydrogen-bond acceptors (Lipinski definition) is 9. The summed E-state index contributed by atoms with van der Waals surface area (Å²) < 4.78 is 21.5. The minimum Gasteiger partial charge on any atom is -0.662 e. The van der Waals surface area contributed by atoms with E-state index in [0.29, 0.717) is 18.5 Å². The first-order chi connectivity index (χ1) is 22.6. The van der Waals surface area contributed by atoms with Gasteiger partial charge in [-0.1, -0.05) is 41.5 Å². The zero-order valence-electron chi connectivity index (χ0n) is 27.6. The summed E-state index contributed by atoms with van der Waals surface area (Å²) in [7, 11) is 1.65. The second-order valence-corrected chi connectivity index (χ2v) is 15.8. The summed E-state index contributed by atoms with van der Waals surface area (Å²) in [4.78, 5) is 21.5. The molecule has 0 amide bonds. The van der Waals surface area contributed by atoms with Gasteiger partial charge in [0.15, 0.2) is 6.29 Å². The van der Waals surface area contributed by atoms with E-state index in [-0.39, 0.29) is 118 Å². The summed E-state index contributed by atoms with van der Waals surface area (Å²) in [6, 6.07) is 28.7. The van der Waals surface area contributed by atoms with Crippen molar-refractivity contribution in [3.8, 4) is 17.2 Å². The van der Waals surface area contributed by atoms with Gasteiger partial charge >= 0.3 is 54.6 Å². The number of carbonyl (C=O) groups is 2. The number of methoxy groups -OCH3 is 1. The van der Waals surface area contributed by atoms with Crippen LogP contribution in [-0.2, 0) is 16.3 Å². The fraction of sp³-hybridized carbons (Fsp3) is 0.118. The van der Waals surface area contributed by atoms with Crippen LogP contribution in [0.4, 0.5) is 0 Å². The number of ether oxygens (including phenoxy) is 2. The minimum absolute atomic E-state index is 0. The SMILES string of the molecule is BrB(Br)Br.COc1ccc2occc2c1.Cc1ccc(COc2ccc3occc3c2)cc1.Cc1ccc(O)c(C=O)c1.O=CO[O-].[K+].[K]. The van der Waals surface area contributed by atoms with Crippen LogP contribution in [0.5, 0.6) is 17.2 Å². The molecule has 0 spiro atoms. The van der Waals surface area contributed by atoms with Gasteiger partial charge in [-0.3, -0.25) is 9.59 Å². The van der Waals surface area contributed by atoms with E-state index in [4.69, 9.17) is 33.5 Å². The Morgan fingerprint density at radius 3 is 1.73 bits per heavy atom. The Labute approximate surface area is 395 Å². The first-order valence-corrected chi connectivity index (χ1v) is 16.4. The molecule has 0 fully saturated rings. The first-order valence-electron chi connectivity index (χ1n) is 13.7. The van der Waals surface area contributed by atoms with Gasteiger partial charge in [0.2, 0.25) is 0 Å². The predicted octanol–water partition coefficient (Wildman–Crippen LogP) is 5.49. The molecule has 0 aliphatic rings. The number of phenolic OH excluding ortho intramolecular Hbond substituents is 1. The van der Waals surface area contributed by atoms with Gasteiger partial charge in [-0.15, -0.1) is 47.3 Å². The van der Waals surface area contributed by atoms with Gasteiger partial charge in [0, 0.05) is 62.2 Å². The van der Waals surface area contributed by atoms with Gasteiger partial charge in [0.25, 0.3) is 6.47 Å². The summed E-state index contributed by atoms with van der Waals surface area (Å²) in [6.07, 6.45) is 4.00. The fourth-order valence-corrected chi connectivity index (χ4v) is 3.73. The van der Waals surface area contributed by atoms with Gasteiger partial charge in [0.1, 0.15) is 35.0 Å². The van der Waals surface area contributed by atoms with Crippen LogP contribution in [0, 0.1) is 13.8 Å². The molecule has 49 heavy (non-hydrogen) atoms. The number of phenols is 1. The molecule has 0 aliphatic carbocycles. The van der Waals surface area contributed by atoms with Crippen LogP contribution in [-0.4, -0.2) is 79.5 Å². The zero-order valence-corrected chi connectivity index (χ0v) is 38.6. The molecule has 0 aliphatic heterocycles. The summed E-state index contributed by atoms with van der Waals surface area (Å²) in [5.41, 5.74) is 5.54. The molecule has 0 saturated carbocycles. The smallest absolute Gasteiger partial charge is 0.662 e. The Hall–Kier alpha value is -0.762. The van der Waals surface area contributed by atoms with Gasteiger partial charge in [0.05, 0.1) is 25.2 Å². The topological polar surface area (TPSA) is 131 Å². The molecule has 0 saturated heterocycles. The summed E-state index contributed by atoms with van der Waals surface area (Å²) in [6.45, 7) is 4.35. The fourth-order valence-electron chi connectivity index (χ4n) is 3.73. The Kier molecular flexibility index (Phi) is 27.4. The van der Waals surface area contributed by atoms with Crippen LogP contribution in [0.25, 0.3) is 21.9 Å². The Balaban J connectivity index is 0.000000648. The normalized spacial score (nSPS) is 9.12.